The molecule has 116 valence electrons. The number of aliphatic hydroxyl groups is 1. The molecule has 2 amide bonds. The Labute approximate surface area is 124 Å². The van der Waals surface area contributed by atoms with Gasteiger partial charge in [-0.15, -0.1) is 0 Å². The molecule has 1 aromatic rings. The fourth-order valence-electron chi connectivity index (χ4n) is 1.57. The van der Waals surface area contributed by atoms with Crippen molar-refractivity contribution < 1.29 is 19.4 Å². The number of para-hydroxylation sites is 1. The number of aliphatic hydroxyl groups excluding tert-OH is 1. The molecule has 6 nitrogen and oxygen atoms in total. The molecule has 0 heterocycles. The fraction of sp³-hybridized carbons (Fsp3) is 0.467. The van der Waals surface area contributed by atoms with Crippen LogP contribution in [0.5, 0.6) is 0 Å². The van der Waals surface area contributed by atoms with E-state index in [1.165, 1.54) is 0 Å². The molecule has 0 aliphatic heterocycles. The molecule has 3 N–H and O–H groups in total. The van der Waals surface area contributed by atoms with Crippen LogP contribution in [0.2, 0.25) is 0 Å². The van der Waals surface area contributed by atoms with Crippen molar-refractivity contribution in [1.29, 1.82) is 0 Å². The van der Waals surface area contributed by atoms with Crippen molar-refractivity contribution in [2.45, 2.75) is 45.9 Å². The van der Waals surface area contributed by atoms with Crippen molar-refractivity contribution in [3.8, 4) is 0 Å². The van der Waals surface area contributed by atoms with Gasteiger partial charge >= 0.3 is 6.09 Å². The molecule has 0 aromatic heterocycles. The number of hydrogen-bond acceptors (Lipinski definition) is 4. The first-order chi connectivity index (χ1) is 9.73. The van der Waals surface area contributed by atoms with E-state index in [4.69, 9.17) is 4.74 Å². The zero-order chi connectivity index (χ0) is 16.0. The van der Waals surface area contributed by atoms with E-state index in [1.54, 1.807) is 52.0 Å². The SMILES string of the molecule is C[C@H](NC(=O)OC(C)(C)C)C(=O)Nc1ccccc1CO. The van der Waals surface area contributed by atoms with Crippen LogP contribution in [0.1, 0.15) is 33.3 Å². The molecule has 1 atom stereocenters. The van der Waals surface area contributed by atoms with Crippen LogP contribution in [0.15, 0.2) is 24.3 Å². The Balaban J connectivity index is 2.61. The molecule has 0 fully saturated rings. The van der Waals surface area contributed by atoms with Crippen LogP contribution in [0.3, 0.4) is 0 Å². The minimum Gasteiger partial charge on any atom is -0.444 e. The lowest BCUT2D eigenvalue weighted by Crippen LogP contribution is -2.44. The first kappa shape index (κ1) is 17.0. The van der Waals surface area contributed by atoms with Gasteiger partial charge in [-0.1, -0.05) is 18.2 Å². The Morgan fingerprint density at radius 1 is 1.29 bits per heavy atom. The second-order valence-electron chi connectivity index (χ2n) is 5.67. The number of alkyl carbamates (subject to hydrolysis) is 1. The van der Waals surface area contributed by atoms with Gasteiger partial charge in [-0.3, -0.25) is 4.79 Å². The Morgan fingerprint density at radius 2 is 1.90 bits per heavy atom. The van der Waals surface area contributed by atoms with E-state index in [0.29, 0.717) is 11.3 Å². The highest BCUT2D eigenvalue weighted by atomic mass is 16.6. The number of nitrogens with one attached hydrogen (secondary N) is 2. The Bertz CT molecular complexity index is 509. The molecule has 0 unspecified atom stereocenters. The van der Waals surface area contributed by atoms with Crippen LogP contribution in [-0.2, 0) is 16.1 Å². The normalized spacial score (nSPS) is 12.4. The van der Waals surface area contributed by atoms with Crippen LogP contribution < -0.4 is 10.6 Å². The third kappa shape index (κ3) is 5.83. The summed E-state index contributed by atoms with van der Waals surface area (Å²) in [7, 11) is 0. The maximum atomic E-state index is 12.0. The van der Waals surface area contributed by atoms with Crippen LogP contribution in [0, 0.1) is 0 Å². The summed E-state index contributed by atoms with van der Waals surface area (Å²) < 4.78 is 5.08. The maximum absolute atomic E-state index is 12.0. The molecule has 1 rings (SSSR count). The summed E-state index contributed by atoms with van der Waals surface area (Å²) in [4.78, 5) is 23.6. The summed E-state index contributed by atoms with van der Waals surface area (Å²) >= 11 is 0. The Hall–Kier alpha value is -2.08. The van der Waals surface area contributed by atoms with E-state index in [0.717, 1.165) is 0 Å². The number of carbonyl (C=O) groups is 2. The van der Waals surface area contributed by atoms with E-state index in [2.05, 4.69) is 10.6 Å². The molecule has 0 aliphatic carbocycles. The quantitative estimate of drug-likeness (QED) is 0.793. The van der Waals surface area contributed by atoms with Gasteiger partial charge in [0.25, 0.3) is 0 Å². The summed E-state index contributed by atoms with van der Waals surface area (Å²) in [5, 5.41) is 14.3. The molecule has 0 radical (unpaired) electrons. The van der Waals surface area contributed by atoms with Crippen molar-refractivity contribution in [2.24, 2.45) is 0 Å². The van der Waals surface area contributed by atoms with Crippen LogP contribution >= 0.6 is 0 Å². The molecule has 6 heteroatoms. The minimum atomic E-state index is -0.758. The number of carbonyl (C=O) groups excluding carboxylic acids is 2. The number of hydrogen-bond donors (Lipinski definition) is 3. The molecule has 0 aliphatic rings. The third-order valence-electron chi connectivity index (χ3n) is 2.57. The molecule has 0 spiro atoms. The number of rotatable bonds is 4. The smallest absolute Gasteiger partial charge is 0.408 e. The average Bonchev–Trinajstić information content (AvgIpc) is 2.36. The second kappa shape index (κ2) is 7.08. The lowest BCUT2D eigenvalue weighted by molar-refractivity contribution is -0.117. The van der Waals surface area contributed by atoms with Gasteiger partial charge in [0.2, 0.25) is 5.91 Å². The van der Waals surface area contributed by atoms with Crippen molar-refractivity contribution >= 4 is 17.7 Å². The van der Waals surface area contributed by atoms with Crippen LogP contribution in [0.4, 0.5) is 10.5 Å². The number of benzene rings is 1. The fourth-order valence-corrected chi connectivity index (χ4v) is 1.57. The topological polar surface area (TPSA) is 87.7 Å². The van der Waals surface area contributed by atoms with Gasteiger partial charge in [-0.25, -0.2) is 4.79 Å². The van der Waals surface area contributed by atoms with Gasteiger partial charge in [0, 0.05) is 11.3 Å². The van der Waals surface area contributed by atoms with Crippen LogP contribution in [-0.4, -0.2) is 28.7 Å². The largest absolute Gasteiger partial charge is 0.444 e. The molecule has 0 saturated heterocycles. The number of ether oxygens (including phenoxy) is 1. The summed E-state index contributed by atoms with van der Waals surface area (Å²) in [5.41, 5.74) is 0.502. The lowest BCUT2D eigenvalue weighted by Gasteiger charge is -2.21. The third-order valence-corrected chi connectivity index (χ3v) is 2.57. The zero-order valence-electron chi connectivity index (χ0n) is 12.8. The minimum absolute atomic E-state index is 0.176. The summed E-state index contributed by atoms with van der Waals surface area (Å²) in [6.07, 6.45) is -0.652. The van der Waals surface area contributed by atoms with E-state index in [9.17, 15) is 14.7 Å². The van der Waals surface area contributed by atoms with Crippen molar-refractivity contribution in [3.63, 3.8) is 0 Å². The van der Waals surface area contributed by atoms with Crippen molar-refractivity contribution in [1.82, 2.24) is 5.32 Å². The highest BCUT2D eigenvalue weighted by molar-refractivity contribution is 5.96. The Kier molecular flexibility index (Phi) is 5.72. The van der Waals surface area contributed by atoms with E-state index < -0.39 is 17.7 Å². The predicted octanol–water partition coefficient (Wildman–Crippen LogP) is 2.03. The first-order valence-corrected chi connectivity index (χ1v) is 6.72. The lowest BCUT2D eigenvalue weighted by atomic mass is 10.2. The van der Waals surface area contributed by atoms with E-state index in [1.807, 2.05) is 0 Å². The van der Waals surface area contributed by atoms with Gasteiger partial charge in [0.15, 0.2) is 0 Å². The average molecular weight is 294 g/mol. The Morgan fingerprint density at radius 3 is 2.48 bits per heavy atom. The first-order valence-electron chi connectivity index (χ1n) is 6.72. The zero-order valence-corrected chi connectivity index (χ0v) is 12.8. The molecule has 21 heavy (non-hydrogen) atoms. The molecule has 0 bridgehead atoms. The number of amides is 2. The molecule has 1 aromatic carbocycles. The summed E-state index contributed by atoms with van der Waals surface area (Å²) in [6, 6.07) is 6.15. The highest BCUT2D eigenvalue weighted by Crippen LogP contribution is 2.15. The summed E-state index contributed by atoms with van der Waals surface area (Å²) in [6.45, 7) is 6.61. The second-order valence-corrected chi connectivity index (χ2v) is 5.67. The van der Waals surface area contributed by atoms with E-state index >= 15 is 0 Å². The van der Waals surface area contributed by atoms with Crippen molar-refractivity contribution in [3.05, 3.63) is 29.8 Å². The van der Waals surface area contributed by atoms with Gasteiger partial charge in [-0.2, -0.15) is 0 Å². The number of anilines is 1. The van der Waals surface area contributed by atoms with Crippen LogP contribution in [0.25, 0.3) is 0 Å². The highest BCUT2D eigenvalue weighted by Gasteiger charge is 2.21. The van der Waals surface area contributed by atoms with Gasteiger partial charge < -0.3 is 20.5 Å². The molecule has 0 saturated carbocycles. The maximum Gasteiger partial charge on any atom is 0.408 e. The van der Waals surface area contributed by atoms with Crippen molar-refractivity contribution in [2.75, 3.05) is 5.32 Å². The van der Waals surface area contributed by atoms with E-state index in [-0.39, 0.29) is 12.5 Å². The van der Waals surface area contributed by atoms with Gasteiger partial charge in [0.05, 0.1) is 6.61 Å². The van der Waals surface area contributed by atoms with Gasteiger partial charge in [-0.05, 0) is 33.8 Å². The molecular weight excluding hydrogens is 272 g/mol. The standard InChI is InChI=1S/C15H22N2O4/c1-10(16-14(20)21-15(2,3)4)13(19)17-12-8-6-5-7-11(12)9-18/h5-8,10,18H,9H2,1-4H3,(H,16,20)(H,17,19)/t10-/m0/s1. The summed E-state index contributed by atoms with van der Waals surface area (Å²) in [5.74, 6) is -0.387. The molecular formula is C15H22N2O4. The van der Waals surface area contributed by atoms with Gasteiger partial charge in [0.1, 0.15) is 11.6 Å². The predicted molar refractivity (Wildman–Crippen MR) is 79.8 cm³/mol. The monoisotopic (exact) mass is 294 g/mol.